The molecule has 0 aliphatic carbocycles. The minimum atomic E-state index is 0.0651. The molecule has 0 radical (unpaired) electrons. The summed E-state index contributed by atoms with van der Waals surface area (Å²) in [5.74, 6) is 1.17. The van der Waals surface area contributed by atoms with E-state index in [0.717, 1.165) is 26.2 Å². The van der Waals surface area contributed by atoms with Crippen LogP contribution in [0.5, 0.6) is 11.6 Å². The highest BCUT2D eigenvalue weighted by Crippen LogP contribution is 2.21. The molecule has 6 nitrogen and oxygen atoms in total. The third-order valence-electron chi connectivity index (χ3n) is 3.87. The number of amides is 1. The number of carbonyl (C=O) groups is 1. The number of rotatable bonds is 3. The summed E-state index contributed by atoms with van der Waals surface area (Å²) in [6.45, 7) is 3.36. The van der Waals surface area contributed by atoms with E-state index in [1.807, 2.05) is 4.90 Å². The lowest BCUT2D eigenvalue weighted by atomic mass is 10.1. The number of aromatic nitrogens is 1. The number of nitrogens with two attached hydrogens (primary N) is 1. The number of hydrogen-bond donors (Lipinski definition) is 1. The number of anilines is 1. The number of likely N-dealkylation sites (N-methyl/N-ethyl adjacent to an activating group) is 1. The molecule has 0 spiro atoms. The topological polar surface area (TPSA) is 71.7 Å². The van der Waals surface area contributed by atoms with Crippen LogP contribution in [0.15, 0.2) is 42.6 Å². The number of nitrogen functional groups attached to an aromatic ring is 1. The van der Waals surface area contributed by atoms with Crippen LogP contribution in [0.1, 0.15) is 10.4 Å². The summed E-state index contributed by atoms with van der Waals surface area (Å²) in [6, 6.07) is 10.6. The van der Waals surface area contributed by atoms with Gasteiger partial charge in [0.05, 0.1) is 11.9 Å². The summed E-state index contributed by atoms with van der Waals surface area (Å²) in [5, 5.41) is 0. The van der Waals surface area contributed by atoms with Gasteiger partial charge < -0.3 is 20.3 Å². The Bertz CT molecular complexity index is 662. The molecule has 23 heavy (non-hydrogen) atoms. The monoisotopic (exact) mass is 312 g/mol. The Kier molecular flexibility index (Phi) is 4.43. The molecule has 0 bridgehead atoms. The van der Waals surface area contributed by atoms with Gasteiger partial charge in [-0.1, -0.05) is 0 Å². The molecule has 1 aliphatic rings. The van der Waals surface area contributed by atoms with E-state index in [2.05, 4.69) is 16.9 Å². The van der Waals surface area contributed by atoms with Crippen LogP contribution >= 0.6 is 0 Å². The lowest BCUT2D eigenvalue weighted by Crippen LogP contribution is -2.47. The van der Waals surface area contributed by atoms with Gasteiger partial charge in [-0.25, -0.2) is 4.98 Å². The highest BCUT2D eigenvalue weighted by molar-refractivity contribution is 5.94. The maximum atomic E-state index is 12.5. The molecule has 1 aliphatic heterocycles. The van der Waals surface area contributed by atoms with E-state index in [1.165, 1.54) is 0 Å². The molecule has 0 atom stereocenters. The second-order valence-electron chi connectivity index (χ2n) is 5.65. The van der Waals surface area contributed by atoms with Crippen molar-refractivity contribution >= 4 is 11.6 Å². The predicted molar refractivity (Wildman–Crippen MR) is 88.6 cm³/mol. The first kappa shape index (κ1) is 15.3. The number of nitrogens with zero attached hydrogens (tertiary/aromatic N) is 3. The minimum absolute atomic E-state index is 0.0651. The number of carbonyl (C=O) groups excluding carboxylic acids is 1. The van der Waals surface area contributed by atoms with Gasteiger partial charge in [0, 0.05) is 37.8 Å². The number of piperazine rings is 1. The Balaban J connectivity index is 1.64. The highest BCUT2D eigenvalue weighted by atomic mass is 16.5. The number of pyridine rings is 1. The van der Waals surface area contributed by atoms with Crippen LogP contribution in [-0.4, -0.2) is 53.9 Å². The highest BCUT2D eigenvalue weighted by Gasteiger charge is 2.20. The number of ether oxygens (including phenoxy) is 1. The average Bonchev–Trinajstić information content (AvgIpc) is 2.58. The molecular weight excluding hydrogens is 292 g/mol. The lowest BCUT2D eigenvalue weighted by molar-refractivity contribution is 0.0664. The van der Waals surface area contributed by atoms with Gasteiger partial charge in [-0.05, 0) is 37.4 Å². The maximum absolute atomic E-state index is 12.5. The standard InChI is InChI=1S/C17H20N4O2/c1-20-8-10-21(11-9-20)17(22)13-2-5-15(6-3-13)23-16-7-4-14(18)12-19-16/h2-7,12H,8-11,18H2,1H3. The predicted octanol–water partition coefficient (Wildman–Crippen LogP) is 1.84. The first-order valence-electron chi connectivity index (χ1n) is 7.59. The average molecular weight is 312 g/mol. The summed E-state index contributed by atoms with van der Waals surface area (Å²) in [5.41, 5.74) is 6.85. The summed E-state index contributed by atoms with van der Waals surface area (Å²) in [7, 11) is 2.07. The van der Waals surface area contributed by atoms with Crippen LogP contribution in [-0.2, 0) is 0 Å². The minimum Gasteiger partial charge on any atom is -0.439 e. The van der Waals surface area contributed by atoms with Crippen molar-refractivity contribution in [2.45, 2.75) is 0 Å². The van der Waals surface area contributed by atoms with Gasteiger partial charge in [-0.2, -0.15) is 0 Å². The van der Waals surface area contributed by atoms with Gasteiger partial charge in [0.25, 0.3) is 5.91 Å². The van der Waals surface area contributed by atoms with Crippen molar-refractivity contribution in [3.63, 3.8) is 0 Å². The second-order valence-corrected chi connectivity index (χ2v) is 5.65. The van der Waals surface area contributed by atoms with Crippen LogP contribution < -0.4 is 10.5 Å². The molecule has 1 saturated heterocycles. The van der Waals surface area contributed by atoms with Crippen molar-refractivity contribution in [2.24, 2.45) is 0 Å². The van der Waals surface area contributed by atoms with E-state index >= 15 is 0 Å². The number of hydrogen-bond acceptors (Lipinski definition) is 5. The van der Waals surface area contributed by atoms with Crippen molar-refractivity contribution in [2.75, 3.05) is 39.0 Å². The van der Waals surface area contributed by atoms with E-state index in [4.69, 9.17) is 10.5 Å². The summed E-state index contributed by atoms with van der Waals surface area (Å²) < 4.78 is 5.63. The summed E-state index contributed by atoms with van der Waals surface area (Å²) in [4.78, 5) is 20.6. The fourth-order valence-electron chi connectivity index (χ4n) is 2.43. The maximum Gasteiger partial charge on any atom is 0.253 e. The normalized spacial score (nSPS) is 15.4. The first-order valence-corrected chi connectivity index (χ1v) is 7.59. The van der Waals surface area contributed by atoms with E-state index in [-0.39, 0.29) is 5.91 Å². The van der Waals surface area contributed by atoms with E-state index in [1.54, 1.807) is 42.6 Å². The van der Waals surface area contributed by atoms with Gasteiger partial charge >= 0.3 is 0 Å². The first-order chi connectivity index (χ1) is 11.1. The third kappa shape index (κ3) is 3.78. The summed E-state index contributed by atoms with van der Waals surface area (Å²) >= 11 is 0. The zero-order chi connectivity index (χ0) is 16.2. The molecule has 2 N–H and O–H groups in total. The number of benzene rings is 1. The lowest BCUT2D eigenvalue weighted by Gasteiger charge is -2.32. The molecule has 0 unspecified atom stereocenters. The molecule has 2 aromatic rings. The zero-order valence-electron chi connectivity index (χ0n) is 13.1. The van der Waals surface area contributed by atoms with Crippen molar-refractivity contribution in [3.05, 3.63) is 48.2 Å². The van der Waals surface area contributed by atoms with Crippen molar-refractivity contribution < 1.29 is 9.53 Å². The molecule has 1 fully saturated rings. The molecule has 2 heterocycles. The van der Waals surface area contributed by atoms with E-state index in [0.29, 0.717) is 22.9 Å². The Morgan fingerprint density at radius 3 is 2.39 bits per heavy atom. The van der Waals surface area contributed by atoms with Gasteiger partial charge in [0.2, 0.25) is 5.88 Å². The smallest absolute Gasteiger partial charge is 0.253 e. The van der Waals surface area contributed by atoms with Crippen molar-refractivity contribution in [1.29, 1.82) is 0 Å². The van der Waals surface area contributed by atoms with Gasteiger partial charge in [-0.15, -0.1) is 0 Å². The molecule has 120 valence electrons. The Morgan fingerprint density at radius 2 is 1.78 bits per heavy atom. The van der Waals surface area contributed by atoms with E-state index < -0.39 is 0 Å². The van der Waals surface area contributed by atoms with Gasteiger partial charge in [0.1, 0.15) is 5.75 Å². The van der Waals surface area contributed by atoms with E-state index in [9.17, 15) is 4.79 Å². The van der Waals surface area contributed by atoms with Crippen LogP contribution in [0.4, 0.5) is 5.69 Å². The Hall–Kier alpha value is -2.60. The SMILES string of the molecule is CN1CCN(C(=O)c2ccc(Oc3ccc(N)cn3)cc2)CC1. The van der Waals surface area contributed by atoms with Gasteiger partial charge in [-0.3, -0.25) is 4.79 Å². The molecule has 0 saturated carbocycles. The molecule has 1 aromatic carbocycles. The fourth-order valence-corrected chi connectivity index (χ4v) is 2.43. The Morgan fingerprint density at radius 1 is 1.09 bits per heavy atom. The van der Waals surface area contributed by atoms with Crippen molar-refractivity contribution in [3.8, 4) is 11.6 Å². The van der Waals surface area contributed by atoms with Crippen LogP contribution in [0, 0.1) is 0 Å². The van der Waals surface area contributed by atoms with Crippen molar-refractivity contribution in [1.82, 2.24) is 14.8 Å². The van der Waals surface area contributed by atoms with Gasteiger partial charge in [0.15, 0.2) is 0 Å². The second kappa shape index (κ2) is 6.66. The van der Waals surface area contributed by atoms with Crippen LogP contribution in [0.25, 0.3) is 0 Å². The molecule has 1 amide bonds. The largest absolute Gasteiger partial charge is 0.439 e. The molecule has 6 heteroatoms. The third-order valence-corrected chi connectivity index (χ3v) is 3.87. The van der Waals surface area contributed by atoms with Crippen LogP contribution in [0.2, 0.25) is 0 Å². The van der Waals surface area contributed by atoms with Crippen LogP contribution in [0.3, 0.4) is 0 Å². The quantitative estimate of drug-likeness (QED) is 0.936. The molecular formula is C17H20N4O2. The fraction of sp³-hybridized carbons (Fsp3) is 0.294. The molecule has 1 aromatic heterocycles. The Labute approximate surface area is 135 Å². The summed E-state index contributed by atoms with van der Waals surface area (Å²) in [6.07, 6.45) is 1.54. The molecule has 3 rings (SSSR count). The zero-order valence-corrected chi connectivity index (χ0v) is 13.1.